The first kappa shape index (κ1) is 10.5. The van der Waals surface area contributed by atoms with E-state index in [2.05, 4.69) is 10.1 Å². The van der Waals surface area contributed by atoms with Crippen LogP contribution in [0.25, 0.3) is 0 Å². The molecule has 1 rings (SSSR count). The van der Waals surface area contributed by atoms with Crippen molar-refractivity contribution in [3.05, 3.63) is 0 Å². The van der Waals surface area contributed by atoms with Gasteiger partial charge >= 0.3 is 5.97 Å². The Balaban J connectivity index is 2.64. The van der Waals surface area contributed by atoms with Gasteiger partial charge in [-0.3, -0.25) is 4.79 Å². The molecule has 1 aliphatic heterocycles. The standard InChI is InChI=1S/C9H17NO3/c1-7-9(10-2,4-5-13-7)6-8(11)12-3/h7,10H,4-6H2,1-3H3. The summed E-state index contributed by atoms with van der Waals surface area (Å²) in [4.78, 5) is 11.2. The minimum atomic E-state index is -0.229. The van der Waals surface area contributed by atoms with E-state index < -0.39 is 0 Å². The zero-order chi connectivity index (χ0) is 9.90. The Kier molecular flexibility index (Phi) is 3.27. The summed E-state index contributed by atoms with van der Waals surface area (Å²) < 4.78 is 10.1. The summed E-state index contributed by atoms with van der Waals surface area (Å²) >= 11 is 0. The maximum absolute atomic E-state index is 11.2. The first-order valence-electron chi connectivity index (χ1n) is 4.52. The molecule has 4 heteroatoms. The largest absolute Gasteiger partial charge is 0.469 e. The average molecular weight is 187 g/mol. The first-order valence-corrected chi connectivity index (χ1v) is 4.52. The highest BCUT2D eigenvalue weighted by molar-refractivity contribution is 5.71. The van der Waals surface area contributed by atoms with E-state index in [1.807, 2.05) is 14.0 Å². The number of carbonyl (C=O) groups is 1. The number of hydrogen-bond acceptors (Lipinski definition) is 4. The third kappa shape index (κ3) is 2.00. The summed E-state index contributed by atoms with van der Waals surface area (Å²) in [6, 6.07) is 0. The molecule has 0 aliphatic carbocycles. The summed E-state index contributed by atoms with van der Waals surface area (Å²) in [5.74, 6) is -0.188. The van der Waals surface area contributed by atoms with E-state index in [0.717, 1.165) is 6.42 Å². The molecule has 2 atom stereocenters. The molecular formula is C9H17NO3. The first-order chi connectivity index (χ1) is 6.14. The predicted molar refractivity (Wildman–Crippen MR) is 48.5 cm³/mol. The number of likely N-dealkylation sites (N-methyl/N-ethyl adjacent to an activating group) is 1. The lowest BCUT2D eigenvalue weighted by molar-refractivity contribution is -0.142. The highest BCUT2D eigenvalue weighted by atomic mass is 16.5. The van der Waals surface area contributed by atoms with Crippen LogP contribution < -0.4 is 5.32 Å². The van der Waals surface area contributed by atoms with Gasteiger partial charge in [0.15, 0.2) is 0 Å². The average Bonchev–Trinajstić information content (AvgIpc) is 2.48. The molecule has 2 unspecified atom stereocenters. The van der Waals surface area contributed by atoms with Gasteiger partial charge in [-0.05, 0) is 20.4 Å². The van der Waals surface area contributed by atoms with Crippen LogP contribution in [0, 0.1) is 0 Å². The van der Waals surface area contributed by atoms with Crippen LogP contribution in [0.2, 0.25) is 0 Å². The maximum Gasteiger partial charge on any atom is 0.307 e. The van der Waals surface area contributed by atoms with Gasteiger partial charge in [0.25, 0.3) is 0 Å². The number of carbonyl (C=O) groups excluding carboxylic acids is 1. The molecule has 1 heterocycles. The smallest absolute Gasteiger partial charge is 0.307 e. The highest BCUT2D eigenvalue weighted by Gasteiger charge is 2.42. The number of hydrogen-bond donors (Lipinski definition) is 1. The number of methoxy groups -OCH3 is 1. The van der Waals surface area contributed by atoms with E-state index in [1.54, 1.807) is 0 Å². The van der Waals surface area contributed by atoms with Crippen molar-refractivity contribution >= 4 is 5.97 Å². The van der Waals surface area contributed by atoms with Gasteiger partial charge in [0.2, 0.25) is 0 Å². The minimum Gasteiger partial charge on any atom is -0.469 e. The summed E-state index contributed by atoms with van der Waals surface area (Å²) in [5.41, 5.74) is -0.229. The predicted octanol–water partition coefficient (Wildman–Crippen LogP) is 0.316. The van der Waals surface area contributed by atoms with Crippen molar-refractivity contribution in [1.82, 2.24) is 5.32 Å². The van der Waals surface area contributed by atoms with Crippen LogP contribution in [-0.2, 0) is 14.3 Å². The molecule has 0 amide bonds. The quantitative estimate of drug-likeness (QED) is 0.646. The van der Waals surface area contributed by atoms with Gasteiger partial charge in [0.05, 0.1) is 25.2 Å². The second kappa shape index (κ2) is 4.07. The van der Waals surface area contributed by atoms with Crippen molar-refractivity contribution in [3.8, 4) is 0 Å². The second-order valence-electron chi connectivity index (χ2n) is 3.42. The van der Waals surface area contributed by atoms with Gasteiger partial charge in [0.1, 0.15) is 0 Å². The van der Waals surface area contributed by atoms with Crippen molar-refractivity contribution in [2.75, 3.05) is 20.8 Å². The molecule has 4 nitrogen and oxygen atoms in total. The molecule has 0 spiro atoms. The lowest BCUT2D eigenvalue weighted by Crippen LogP contribution is -2.50. The number of nitrogens with one attached hydrogen (secondary N) is 1. The number of ether oxygens (including phenoxy) is 2. The SMILES string of the molecule is CNC1(CC(=O)OC)CCOC1C. The molecule has 13 heavy (non-hydrogen) atoms. The topological polar surface area (TPSA) is 47.6 Å². The molecular weight excluding hydrogens is 170 g/mol. The minimum absolute atomic E-state index is 0.0663. The van der Waals surface area contributed by atoms with Crippen LogP contribution in [0.4, 0.5) is 0 Å². The van der Waals surface area contributed by atoms with Gasteiger partial charge in [-0.25, -0.2) is 0 Å². The fourth-order valence-electron chi connectivity index (χ4n) is 1.76. The zero-order valence-electron chi connectivity index (χ0n) is 8.42. The summed E-state index contributed by atoms with van der Waals surface area (Å²) in [6.07, 6.45) is 1.30. The van der Waals surface area contributed by atoms with Crippen molar-refractivity contribution in [2.45, 2.75) is 31.4 Å². The number of rotatable bonds is 3. The van der Waals surface area contributed by atoms with Crippen molar-refractivity contribution < 1.29 is 14.3 Å². The van der Waals surface area contributed by atoms with Gasteiger partial charge in [0, 0.05) is 6.61 Å². The van der Waals surface area contributed by atoms with Crippen molar-refractivity contribution in [1.29, 1.82) is 0 Å². The van der Waals surface area contributed by atoms with Gasteiger partial charge in [-0.2, -0.15) is 0 Å². The summed E-state index contributed by atoms with van der Waals surface area (Å²) in [5, 5.41) is 3.17. The Morgan fingerprint density at radius 1 is 1.77 bits per heavy atom. The number of esters is 1. The van der Waals surface area contributed by atoms with Crippen LogP contribution >= 0.6 is 0 Å². The molecule has 1 fully saturated rings. The molecule has 1 saturated heterocycles. The normalized spacial score (nSPS) is 33.3. The van der Waals surface area contributed by atoms with Crippen LogP contribution in [0.3, 0.4) is 0 Å². The van der Waals surface area contributed by atoms with Crippen LogP contribution in [-0.4, -0.2) is 38.4 Å². The van der Waals surface area contributed by atoms with E-state index in [-0.39, 0.29) is 17.6 Å². The van der Waals surface area contributed by atoms with E-state index in [1.165, 1.54) is 7.11 Å². The van der Waals surface area contributed by atoms with Gasteiger partial charge in [-0.15, -0.1) is 0 Å². The Morgan fingerprint density at radius 3 is 2.85 bits per heavy atom. The third-order valence-corrected chi connectivity index (χ3v) is 2.88. The van der Waals surface area contributed by atoms with E-state index in [0.29, 0.717) is 13.0 Å². The lowest BCUT2D eigenvalue weighted by Gasteiger charge is -2.30. The fourth-order valence-corrected chi connectivity index (χ4v) is 1.76. The van der Waals surface area contributed by atoms with E-state index in [9.17, 15) is 4.79 Å². The van der Waals surface area contributed by atoms with E-state index >= 15 is 0 Å². The fraction of sp³-hybridized carbons (Fsp3) is 0.889. The Hall–Kier alpha value is -0.610. The summed E-state index contributed by atoms with van der Waals surface area (Å²) in [6.45, 7) is 2.69. The van der Waals surface area contributed by atoms with Crippen molar-refractivity contribution in [2.24, 2.45) is 0 Å². The van der Waals surface area contributed by atoms with Crippen LogP contribution in [0.1, 0.15) is 19.8 Å². The molecule has 0 radical (unpaired) electrons. The van der Waals surface area contributed by atoms with Crippen molar-refractivity contribution in [3.63, 3.8) is 0 Å². The highest BCUT2D eigenvalue weighted by Crippen LogP contribution is 2.28. The Morgan fingerprint density at radius 2 is 2.46 bits per heavy atom. The molecule has 0 saturated carbocycles. The Labute approximate surface area is 78.6 Å². The van der Waals surface area contributed by atoms with E-state index in [4.69, 9.17) is 4.74 Å². The third-order valence-electron chi connectivity index (χ3n) is 2.88. The Bertz CT molecular complexity index is 195. The monoisotopic (exact) mass is 187 g/mol. The van der Waals surface area contributed by atoms with Gasteiger partial charge in [-0.1, -0.05) is 0 Å². The van der Waals surface area contributed by atoms with Crippen LogP contribution in [0.5, 0.6) is 0 Å². The molecule has 0 aromatic heterocycles. The van der Waals surface area contributed by atoms with Gasteiger partial charge < -0.3 is 14.8 Å². The van der Waals surface area contributed by atoms with Crippen LogP contribution in [0.15, 0.2) is 0 Å². The molecule has 1 aliphatic rings. The maximum atomic E-state index is 11.2. The zero-order valence-corrected chi connectivity index (χ0v) is 8.42. The molecule has 0 bridgehead atoms. The lowest BCUT2D eigenvalue weighted by atomic mass is 9.88. The summed E-state index contributed by atoms with van der Waals surface area (Å²) in [7, 11) is 3.26. The molecule has 0 aromatic carbocycles. The second-order valence-corrected chi connectivity index (χ2v) is 3.42. The molecule has 0 aromatic rings. The molecule has 1 N–H and O–H groups in total. The molecule has 76 valence electrons.